The summed E-state index contributed by atoms with van der Waals surface area (Å²) in [6.45, 7) is 0. The van der Waals surface area contributed by atoms with E-state index in [9.17, 15) is 5.11 Å². The van der Waals surface area contributed by atoms with E-state index in [1.54, 1.807) is 18.2 Å². The molecule has 0 unspecified atom stereocenters. The van der Waals surface area contributed by atoms with Crippen molar-refractivity contribution < 1.29 is 9.84 Å². The molecule has 0 heterocycles. The minimum atomic E-state index is 0.0573. The van der Waals surface area contributed by atoms with Gasteiger partial charge in [0.25, 0.3) is 0 Å². The van der Waals surface area contributed by atoms with Gasteiger partial charge in [-0.1, -0.05) is 42.1 Å². The molecular weight excluding hydrogens is 298 g/mol. The van der Waals surface area contributed by atoms with Crippen LogP contribution in [-0.4, -0.2) is 23.6 Å². The first-order valence-electron chi connectivity index (χ1n) is 6.59. The van der Waals surface area contributed by atoms with E-state index >= 15 is 0 Å². The number of thioether (sulfide) groups is 1. The average Bonchev–Trinajstić information content (AvgIpc) is 2.54. The van der Waals surface area contributed by atoms with Crippen LogP contribution in [0.2, 0.25) is 0 Å². The first-order chi connectivity index (χ1) is 10.7. The molecule has 0 fully saturated rings. The van der Waals surface area contributed by atoms with Crippen LogP contribution in [0.5, 0.6) is 11.5 Å². The van der Waals surface area contributed by atoms with Gasteiger partial charge >= 0.3 is 0 Å². The number of aromatic hydroxyl groups is 1. The zero-order valence-corrected chi connectivity index (χ0v) is 13.0. The number of ether oxygens (including phenoxy) is 1. The molecule has 2 aromatic rings. The average molecular weight is 315 g/mol. The first kappa shape index (κ1) is 15.9. The summed E-state index contributed by atoms with van der Waals surface area (Å²) in [6, 6.07) is 15.0. The maximum Gasteiger partial charge on any atom is 0.180 e. The summed E-state index contributed by atoms with van der Waals surface area (Å²) < 4.78 is 4.97. The Bertz CT molecular complexity index is 672. The summed E-state index contributed by atoms with van der Waals surface area (Å²) in [6.07, 6.45) is 1.52. The third kappa shape index (κ3) is 4.82. The molecule has 2 rings (SSSR count). The van der Waals surface area contributed by atoms with Crippen LogP contribution in [0.4, 0.5) is 0 Å². The number of benzene rings is 2. The minimum absolute atomic E-state index is 0.0573. The van der Waals surface area contributed by atoms with Gasteiger partial charge in [0, 0.05) is 5.75 Å². The van der Waals surface area contributed by atoms with Gasteiger partial charge in [-0.15, -0.1) is 5.10 Å². The largest absolute Gasteiger partial charge is 0.504 e. The molecule has 5 nitrogen and oxygen atoms in total. The number of rotatable bonds is 5. The van der Waals surface area contributed by atoms with Crippen LogP contribution >= 0.6 is 11.8 Å². The van der Waals surface area contributed by atoms with Crippen LogP contribution in [0.3, 0.4) is 0 Å². The van der Waals surface area contributed by atoms with Crippen LogP contribution in [-0.2, 0) is 5.75 Å². The molecule has 0 spiro atoms. The molecular formula is C16H17N3O2S. The molecule has 0 aliphatic rings. The molecule has 0 aliphatic heterocycles. The number of amidine groups is 1. The van der Waals surface area contributed by atoms with Crippen molar-refractivity contribution in [3.63, 3.8) is 0 Å². The minimum Gasteiger partial charge on any atom is -0.504 e. The summed E-state index contributed by atoms with van der Waals surface area (Å²) >= 11 is 1.42. The molecule has 0 saturated carbocycles. The fourth-order valence-electron chi connectivity index (χ4n) is 1.70. The molecule has 0 amide bonds. The summed E-state index contributed by atoms with van der Waals surface area (Å²) in [7, 11) is 1.50. The maximum absolute atomic E-state index is 9.66. The first-order valence-corrected chi connectivity index (χ1v) is 7.58. The molecule has 0 aliphatic carbocycles. The second-order valence-corrected chi connectivity index (χ2v) is 5.38. The van der Waals surface area contributed by atoms with Gasteiger partial charge in [-0.05, 0) is 29.3 Å². The summed E-state index contributed by atoms with van der Waals surface area (Å²) in [4.78, 5) is 0. The third-order valence-corrected chi connectivity index (χ3v) is 3.65. The highest BCUT2D eigenvalue weighted by Gasteiger charge is 2.00. The highest BCUT2D eigenvalue weighted by Crippen LogP contribution is 2.25. The van der Waals surface area contributed by atoms with E-state index in [1.807, 2.05) is 30.3 Å². The van der Waals surface area contributed by atoms with E-state index in [2.05, 4.69) is 10.2 Å². The van der Waals surface area contributed by atoms with Crippen molar-refractivity contribution in [1.82, 2.24) is 0 Å². The second-order valence-electron chi connectivity index (χ2n) is 4.39. The molecule has 3 N–H and O–H groups in total. The number of phenolic OH excluding ortho intramolecular Hbond substituents is 1. The van der Waals surface area contributed by atoms with Crippen molar-refractivity contribution >= 4 is 23.1 Å². The number of hydrogen-bond acceptors (Lipinski definition) is 5. The van der Waals surface area contributed by atoms with Gasteiger partial charge in [-0.3, -0.25) is 0 Å². The van der Waals surface area contributed by atoms with Crippen molar-refractivity contribution in [3.8, 4) is 11.5 Å². The van der Waals surface area contributed by atoms with E-state index in [0.717, 1.165) is 5.75 Å². The van der Waals surface area contributed by atoms with Gasteiger partial charge in [0.2, 0.25) is 0 Å². The monoisotopic (exact) mass is 315 g/mol. The molecule has 114 valence electrons. The Labute approximate surface area is 133 Å². The molecule has 0 aromatic heterocycles. The SMILES string of the molecule is COc1ccc(C=NN=C(N)SCc2ccccc2)cc1O. The maximum atomic E-state index is 9.66. The van der Waals surface area contributed by atoms with Crippen molar-refractivity contribution in [2.75, 3.05) is 7.11 Å². The predicted octanol–water partition coefficient (Wildman–Crippen LogP) is 2.98. The lowest BCUT2D eigenvalue weighted by Crippen LogP contribution is -2.05. The Kier molecular flexibility index (Phi) is 5.85. The Hall–Kier alpha value is -2.47. The second kappa shape index (κ2) is 8.09. The van der Waals surface area contributed by atoms with Crippen molar-refractivity contribution in [1.29, 1.82) is 0 Å². The normalized spacial score (nSPS) is 11.8. The summed E-state index contributed by atoms with van der Waals surface area (Å²) in [5, 5.41) is 17.9. The Morgan fingerprint density at radius 1 is 1.27 bits per heavy atom. The van der Waals surface area contributed by atoms with Gasteiger partial charge in [0.15, 0.2) is 16.7 Å². The lowest BCUT2D eigenvalue weighted by atomic mass is 10.2. The standard InChI is InChI=1S/C16H17N3O2S/c1-21-15-8-7-13(9-14(15)20)10-18-19-16(17)22-11-12-5-3-2-4-6-12/h2-10,20H,11H2,1H3,(H2,17,19). The zero-order chi connectivity index (χ0) is 15.8. The highest BCUT2D eigenvalue weighted by molar-refractivity contribution is 8.13. The van der Waals surface area contributed by atoms with E-state index in [4.69, 9.17) is 10.5 Å². The zero-order valence-electron chi connectivity index (χ0n) is 12.1. The highest BCUT2D eigenvalue weighted by atomic mass is 32.2. The molecule has 0 radical (unpaired) electrons. The lowest BCUT2D eigenvalue weighted by Gasteiger charge is -2.02. The molecule has 0 saturated heterocycles. The van der Waals surface area contributed by atoms with Crippen LogP contribution < -0.4 is 10.5 Å². The van der Waals surface area contributed by atoms with Crippen LogP contribution in [0.25, 0.3) is 0 Å². The fraction of sp³-hybridized carbons (Fsp3) is 0.125. The Morgan fingerprint density at radius 3 is 2.73 bits per heavy atom. The number of nitrogens with zero attached hydrogens (tertiary/aromatic N) is 2. The molecule has 22 heavy (non-hydrogen) atoms. The number of nitrogens with two attached hydrogens (primary N) is 1. The predicted molar refractivity (Wildman–Crippen MR) is 91.6 cm³/mol. The van der Waals surface area contributed by atoms with Crippen LogP contribution in [0.1, 0.15) is 11.1 Å². The van der Waals surface area contributed by atoms with Crippen molar-refractivity contribution in [2.45, 2.75) is 5.75 Å². The quantitative estimate of drug-likeness (QED) is 0.505. The third-order valence-electron chi connectivity index (χ3n) is 2.80. The molecule has 2 aromatic carbocycles. The fourth-order valence-corrected chi connectivity index (χ4v) is 2.31. The number of methoxy groups -OCH3 is 1. The topological polar surface area (TPSA) is 80.2 Å². The van der Waals surface area contributed by atoms with Gasteiger partial charge in [0.1, 0.15) is 0 Å². The smallest absolute Gasteiger partial charge is 0.180 e. The van der Waals surface area contributed by atoms with E-state index in [0.29, 0.717) is 16.5 Å². The van der Waals surface area contributed by atoms with Gasteiger partial charge in [-0.25, -0.2) is 0 Å². The van der Waals surface area contributed by atoms with Gasteiger partial charge in [0.05, 0.1) is 13.3 Å². The van der Waals surface area contributed by atoms with E-state index in [1.165, 1.54) is 30.6 Å². The molecule has 0 atom stereocenters. The van der Waals surface area contributed by atoms with E-state index < -0.39 is 0 Å². The lowest BCUT2D eigenvalue weighted by molar-refractivity contribution is 0.373. The van der Waals surface area contributed by atoms with Gasteiger partial charge in [-0.2, -0.15) is 5.10 Å². The molecule has 6 heteroatoms. The summed E-state index contributed by atoms with van der Waals surface area (Å²) in [5.74, 6) is 1.22. The summed E-state index contributed by atoms with van der Waals surface area (Å²) in [5.41, 5.74) is 7.68. The number of hydrogen-bond donors (Lipinski definition) is 2. The molecule has 0 bridgehead atoms. The van der Waals surface area contributed by atoms with Crippen LogP contribution in [0.15, 0.2) is 58.7 Å². The van der Waals surface area contributed by atoms with Crippen LogP contribution in [0, 0.1) is 0 Å². The Morgan fingerprint density at radius 2 is 2.05 bits per heavy atom. The van der Waals surface area contributed by atoms with E-state index in [-0.39, 0.29) is 5.75 Å². The number of phenols is 1. The Balaban J connectivity index is 1.91. The van der Waals surface area contributed by atoms with Crippen molar-refractivity contribution in [2.24, 2.45) is 15.9 Å². The van der Waals surface area contributed by atoms with Crippen molar-refractivity contribution in [3.05, 3.63) is 59.7 Å². The van der Waals surface area contributed by atoms with Gasteiger partial charge < -0.3 is 15.6 Å².